The summed E-state index contributed by atoms with van der Waals surface area (Å²) < 4.78 is 0. The Labute approximate surface area is 104 Å². The first-order valence-corrected chi connectivity index (χ1v) is 6.02. The van der Waals surface area contributed by atoms with Gasteiger partial charge in [-0.1, -0.05) is 44.0 Å². The van der Waals surface area contributed by atoms with Crippen LogP contribution in [0.25, 0.3) is 0 Å². The minimum Gasteiger partial charge on any atom is -0.395 e. The van der Waals surface area contributed by atoms with Crippen molar-refractivity contribution in [3.63, 3.8) is 0 Å². The van der Waals surface area contributed by atoms with Gasteiger partial charge in [0, 0.05) is 12.1 Å². The molecule has 0 heterocycles. The summed E-state index contributed by atoms with van der Waals surface area (Å²) in [6.45, 7) is -0.00704. The molecular weight excluding hydrogens is 330 g/mol. The second-order valence-electron chi connectivity index (χ2n) is 2.95. The molecule has 1 aromatic carbocycles. The number of alkyl halides is 2. The Morgan fingerprint density at radius 1 is 1.33 bits per heavy atom. The minimum absolute atomic E-state index is 0.00704. The molecule has 1 N–H and O–H groups in total. The molecule has 4 nitrogen and oxygen atoms in total. The van der Waals surface area contributed by atoms with Gasteiger partial charge in [-0.15, -0.1) is 0 Å². The molecule has 0 bridgehead atoms. The van der Waals surface area contributed by atoms with Crippen molar-refractivity contribution in [3.8, 4) is 0 Å². The first-order valence-electron chi connectivity index (χ1n) is 4.19. The van der Waals surface area contributed by atoms with E-state index in [4.69, 9.17) is 5.11 Å². The summed E-state index contributed by atoms with van der Waals surface area (Å²) in [7, 11) is 0. The van der Waals surface area contributed by atoms with E-state index in [1.54, 1.807) is 12.1 Å². The van der Waals surface area contributed by atoms with E-state index in [9.17, 15) is 10.1 Å². The molecule has 1 rings (SSSR count). The van der Waals surface area contributed by atoms with Crippen molar-refractivity contribution >= 4 is 37.5 Å². The molecule has 0 unspecified atom stereocenters. The monoisotopic (exact) mass is 337 g/mol. The number of hydrogen-bond donors (Lipinski definition) is 1. The second-order valence-corrected chi connectivity index (χ2v) is 5.11. The zero-order valence-corrected chi connectivity index (χ0v) is 10.8. The topological polar surface area (TPSA) is 63.4 Å². The van der Waals surface area contributed by atoms with Gasteiger partial charge in [0.05, 0.1) is 21.2 Å². The third-order valence-electron chi connectivity index (χ3n) is 1.91. The van der Waals surface area contributed by atoms with Gasteiger partial charge in [-0.2, -0.15) is 0 Å². The van der Waals surface area contributed by atoms with Crippen LogP contribution >= 0.6 is 31.9 Å². The van der Waals surface area contributed by atoms with Gasteiger partial charge < -0.3 is 5.11 Å². The molecule has 0 aliphatic rings. The van der Waals surface area contributed by atoms with Crippen LogP contribution in [0.3, 0.4) is 0 Å². The summed E-state index contributed by atoms with van der Waals surface area (Å²) in [6, 6.07) is 6.23. The maximum atomic E-state index is 10.4. The fourth-order valence-electron chi connectivity index (χ4n) is 1.08. The fraction of sp³-hybridized carbons (Fsp3) is 0.333. The van der Waals surface area contributed by atoms with Crippen LogP contribution in [0.2, 0.25) is 0 Å². The Morgan fingerprint density at radius 2 is 1.87 bits per heavy atom. The Hall–Kier alpha value is -0.460. The first-order chi connectivity index (χ1) is 7.06. The number of nitrogens with zero attached hydrogens (tertiary/aromatic N) is 1. The Balaban J connectivity index is 2.84. The maximum Gasteiger partial charge on any atom is 0.269 e. The molecule has 0 saturated carbocycles. The first kappa shape index (κ1) is 12.6. The van der Waals surface area contributed by atoms with Gasteiger partial charge in [-0.25, -0.2) is 0 Å². The van der Waals surface area contributed by atoms with Gasteiger partial charge in [-0.3, -0.25) is 10.1 Å². The zero-order valence-electron chi connectivity index (χ0n) is 7.64. The predicted octanol–water partition coefficient (Wildman–Crippen LogP) is 2.79. The normalized spacial score (nSPS) is 14.6. The fourth-order valence-corrected chi connectivity index (χ4v) is 1.86. The molecule has 0 radical (unpaired) electrons. The number of hydrogen-bond acceptors (Lipinski definition) is 3. The number of aliphatic hydroxyl groups is 1. The molecule has 2 atom stereocenters. The van der Waals surface area contributed by atoms with E-state index in [1.807, 2.05) is 0 Å². The third kappa shape index (κ3) is 3.25. The smallest absolute Gasteiger partial charge is 0.269 e. The zero-order chi connectivity index (χ0) is 11.4. The van der Waals surface area contributed by atoms with Crippen LogP contribution in [0.15, 0.2) is 24.3 Å². The molecule has 0 aliphatic heterocycles. The summed E-state index contributed by atoms with van der Waals surface area (Å²) in [6.07, 6.45) is 0. The molecule has 6 heteroatoms. The van der Waals surface area contributed by atoms with E-state index in [1.165, 1.54) is 12.1 Å². The molecule has 0 aliphatic carbocycles. The highest BCUT2D eigenvalue weighted by Crippen LogP contribution is 2.31. The number of benzene rings is 1. The molecular formula is C9H9Br2NO3. The molecule has 1 aromatic rings. The molecule has 0 aromatic heterocycles. The van der Waals surface area contributed by atoms with Crippen molar-refractivity contribution in [1.29, 1.82) is 0 Å². The number of halogens is 2. The summed E-state index contributed by atoms with van der Waals surface area (Å²) in [5.41, 5.74) is 0.949. The van der Waals surface area contributed by atoms with Gasteiger partial charge in [-0.05, 0) is 5.56 Å². The Kier molecular flexibility index (Phi) is 4.69. The number of rotatable bonds is 4. The van der Waals surface area contributed by atoms with Crippen LogP contribution in [-0.4, -0.2) is 21.5 Å². The lowest BCUT2D eigenvalue weighted by molar-refractivity contribution is -0.384. The lowest BCUT2D eigenvalue weighted by Gasteiger charge is -2.14. The minimum atomic E-state index is -0.440. The predicted molar refractivity (Wildman–Crippen MR) is 64.6 cm³/mol. The molecule has 0 spiro atoms. The van der Waals surface area contributed by atoms with E-state index < -0.39 is 4.92 Å². The Morgan fingerprint density at radius 3 is 2.27 bits per heavy atom. The van der Waals surface area contributed by atoms with Crippen LogP contribution in [0.1, 0.15) is 10.4 Å². The van der Waals surface area contributed by atoms with Crippen molar-refractivity contribution in [2.75, 3.05) is 6.61 Å². The average Bonchev–Trinajstić information content (AvgIpc) is 2.27. The van der Waals surface area contributed by atoms with Crippen LogP contribution in [-0.2, 0) is 0 Å². The lowest BCUT2D eigenvalue weighted by atomic mass is 10.1. The van der Waals surface area contributed by atoms with Crippen LogP contribution in [0.4, 0.5) is 5.69 Å². The van der Waals surface area contributed by atoms with E-state index >= 15 is 0 Å². The SMILES string of the molecule is O=[N+]([O-])c1ccc([C@H](Br)[C@H](Br)CO)cc1. The van der Waals surface area contributed by atoms with E-state index in [2.05, 4.69) is 31.9 Å². The number of nitro groups is 1. The second kappa shape index (κ2) is 5.58. The summed E-state index contributed by atoms with van der Waals surface area (Å²) >= 11 is 6.69. The van der Waals surface area contributed by atoms with Crippen molar-refractivity contribution in [1.82, 2.24) is 0 Å². The van der Waals surface area contributed by atoms with Crippen molar-refractivity contribution in [2.24, 2.45) is 0 Å². The lowest BCUT2D eigenvalue weighted by Crippen LogP contribution is -2.10. The van der Waals surface area contributed by atoms with Crippen molar-refractivity contribution in [3.05, 3.63) is 39.9 Å². The molecule has 0 fully saturated rings. The van der Waals surface area contributed by atoms with E-state index in [0.29, 0.717) is 0 Å². The average molecular weight is 339 g/mol. The highest BCUT2D eigenvalue weighted by Gasteiger charge is 2.17. The molecule has 82 valence electrons. The van der Waals surface area contributed by atoms with E-state index in [-0.39, 0.29) is 21.9 Å². The van der Waals surface area contributed by atoms with Crippen LogP contribution in [0, 0.1) is 10.1 Å². The van der Waals surface area contributed by atoms with Crippen LogP contribution in [0.5, 0.6) is 0 Å². The summed E-state index contributed by atoms with van der Waals surface area (Å²) in [4.78, 5) is 9.80. The van der Waals surface area contributed by atoms with Gasteiger partial charge in [0.2, 0.25) is 0 Å². The van der Waals surface area contributed by atoms with Crippen LogP contribution < -0.4 is 0 Å². The Bertz CT molecular complexity index is 342. The summed E-state index contributed by atoms with van der Waals surface area (Å²) in [5.74, 6) is 0. The number of nitro benzene ring substituents is 1. The maximum absolute atomic E-state index is 10.4. The molecule has 0 saturated heterocycles. The quantitative estimate of drug-likeness (QED) is 0.521. The molecule has 15 heavy (non-hydrogen) atoms. The van der Waals surface area contributed by atoms with Gasteiger partial charge in [0.1, 0.15) is 0 Å². The van der Waals surface area contributed by atoms with Gasteiger partial charge in [0.15, 0.2) is 0 Å². The van der Waals surface area contributed by atoms with Gasteiger partial charge in [0.25, 0.3) is 5.69 Å². The van der Waals surface area contributed by atoms with Crippen molar-refractivity contribution < 1.29 is 10.0 Å². The van der Waals surface area contributed by atoms with E-state index in [0.717, 1.165) is 5.56 Å². The standard InChI is InChI=1S/C9H9Br2NO3/c10-8(5-13)9(11)6-1-3-7(4-2-6)12(14)15/h1-4,8-9,13H,5H2/t8-,9+/m1/s1. The van der Waals surface area contributed by atoms with Gasteiger partial charge >= 0.3 is 0 Å². The largest absolute Gasteiger partial charge is 0.395 e. The third-order valence-corrected chi connectivity index (χ3v) is 4.61. The van der Waals surface area contributed by atoms with Crippen molar-refractivity contribution in [2.45, 2.75) is 9.65 Å². The molecule has 0 amide bonds. The highest BCUT2D eigenvalue weighted by molar-refractivity contribution is 9.12. The highest BCUT2D eigenvalue weighted by atomic mass is 79.9. The number of non-ortho nitro benzene ring substituents is 1. The summed E-state index contributed by atoms with van der Waals surface area (Å²) in [5, 5.41) is 19.3. The number of aliphatic hydroxyl groups excluding tert-OH is 1.